The molecule has 1 atom stereocenters. The first-order chi connectivity index (χ1) is 13.1. The zero-order chi connectivity index (χ0) is 19.0. The van der Waals surface area contributed by atoms with Gasteiger partial charge < -0.3 is 15.8 Å². The number of esters is 1. The average molecular weight is 383 g/mol. The van der Waals surface area contributed by atoms with Crippen LogP contribution in [0.5, 0.6) is 0 Å². The van der Waals surface area contributed by atoms with Gasteiger partial charge in [-0.05, 0) is 48.0 Å². The summed E-state index contributed by atoms with van der Waals surface area (Å²) in [5.74, 6) is 0.604. The third-order valence-corrected chi connectivity index (χ3v) is 4.43. The summed E-state index contributed by atoms with van der Waals surface area (Å²) < 4.78 is 4.75. The maximum atomic E-state index is 11.7. The number of fused-ring (bicyclic) bond motifs is 1. The van der Waals surface area contributed by atoms with E-state index in [1.54, 1.807) is 36.7 Å². The highest BCUT2D eigenvalue weighted by Gasteiger charge is 2.34. The van der Waals surface area contributed by atoms with Crippen molar-refractivity contribution >= 4 is 40.6 Å². The smallest absolute Gasteiger partial charge is 0.337 e. The Morgan fingerprint density at radius 3 is 2.74 bits per heavy atom. The summed E-state index contributed by atoms with van der Waals surface area (Å²) in [5, 5.41) is 3.48. The lowest BCUT2D eigenvalue weighted by atomic mass is 10.1. The van der Waals surface area contributed by atoms with Gasteiger partial charge in [-0.15, -0.1) is 0 Å². The second kappa shape index (κ2) is 6.73. The molecule has 9 heteroatoms. The molecule has 8 nitrogen and oxygen atoms in total. The minimum Gasteiger partial charge on any atom is -0.465 e. The van der Waals surface area contributed by atoms with Gasteiger partial charge in [0.2, 0.25) is 5.28 Å². The summed E-state index contributed by atoms with van der Waals surface area (Å²) in [6.07, 6.45) is 2.89. The fraction of sp³-hybridized carbons (Fsp3) is 0.111. The summed E-state index contributed by atoms with van der Waals surface area (Å²) in [6, 6.07) is 10.7. The fourth-order valence-electron chi connectivity index (χ4n) is 3.00. The molecule has 0 saturated carbocycles. The lowest BCUT2D eigenvalue weighted by Gasteiger charge is -2.27. The van der Waals surface area contributed by atoms with E-state index < -0.39 is 5.97 Å². The Morgan fingerprint density at radius 1 is 1.26 bits per heavy atom. The lowest BCUT2D eigenvalue weighted by Crippen LogP contribution is -2.25. The van der Waals surface area contributed by atoms with Gasteiger partial charge in [0.15, 0.2) is 5.82 Å². The summed E-state index contributed by atoms with van der Waals surface area (Å²) >= 11 is 6.01. The summed E-state index contributed by atoms with van der Waals surface area (Å²) in [4.78, 5) is 26.2. The van der Waals surface area contributed by atoms with Gasteiger partial charge in [-0.25, -0.2) is 14.8 Å². The molecule has 1 unspecified atom stereocenters. The number of nitrogen functional groups attached to an aromatic ring is 1. The highest BCUT2D eigenvalue weighted by atomic mass is 35.5. The molecule has 0 aliphatic carbocycles. The number of halogens is 1. The van der Waals surface area contributed by atoms with E-state index in [0.717, 1.165) is 11.3 Å². The molecule has 0 saturated heterocycles. The predicted molar refractivity (Wildman–Crippen MR) is 102 cm³/mol. The van der Waals surface area contributed by atoms with E-state index in [-0.39, 0.29) is 11.4 Å². The number of nitrogens with two attached hydrogens (primary N) is 1. The number of nitrogens with zero attached hydrogens (tertiary/aromatic N) is 4. The Labute approximate surface area is 160 Å². The molecule has 136 valence electrons. The van der Waals surface area contributed by atoms with Crippen molar-refractivity contribution in [3.8, 4) is 0 Å². The number of hydrogen-bond acceptors (Lipinski definition) is 8. The van der Waals surface area contributed by atoms with E-state index in [1.807, 2.05) is 17.0 Å². The highest BCUT2D eigenvalue weighted by molar-refractivity contribution is 6.28. The number of carbonyl (C=O) groups excluding carboxylic acids is 1. The normalized spacial score (nSPS) is 15.2. The van der Waals surface area contributed by atoms with E-state index in [2.05, 4.69) is 20.3 Å². The Balaban J connectivity index is 1.82. The van der Waals surface area contributed by atoms with Crippen LogP contribution in [-0.4, -0.2) is 28.0 Å². The first-order valence-electron chi connectivity index (χ1n) is 8.05. The standard InChI is InChI=1S/C18H15ClN6O2/c1-27-17(26)10-4-6-11(7-5-10)25-15(12-3-2-8-21-14(12)20)23-13-9-22-18(19)24-16(13)25/h2-9,15,23H,1H3,(H2,20,21). The number of nitrogens with one attached hydrogen (secondary N) is 1. The van der Waals surface area contributed by atoms with Crippen LogP contribution in [0.25, 0.3) is 0 Å². The number of benzene rings is 1. The number of carbonyl (C=O) groups is 1. The van der Waals surface area contributed by atoms with Crippen LogP contribution in [-0.2, 0) is 4.74 Å². The van der Waals surface area contributed by atoms with Crippen LogP contribution in [0, 0.1) is 0 Å². The molecular weight excluding hydrogens is 368 g/mol. The molecule has 0 radical (unpaired) electrons. The summed E-state index contributed by atoms with van der Waals surface area (Å²) in [6.45, 7) is 0. The molecule has 1 aliphatic rings. The van der Waals surface area contributed by atoms with Crippen LogP contribution in [0.2, 0.25) is 5.28 Å². The van der Waals surface area contributed by atoms with E-state index in [9.17, 15) is 4.79 Å². The first-order valence-corrected chi connectivity index (χ1v) is 8.43. The van der Waals surface area contributed by atoms with Crippen molar-refractivity contribution < 1.29 is 9.53 Å². The van der Waals surface area contributed by atoms with Gasteiger partial charge in [-0.3, -0.25) is 4.90 Å². The van der Waals surface area contributed by atoms with E-state index >= 15 is 0 Å². The molecule has 3 N–H and O–H groups in total. The SMILES string of the molecule is COC(=O)c1ccc(N2c3nc(Cl)ncc3NC2c2cccnc2N)cc1. The Kier molecular flexibility index (Phi) is 4.25. The predicted octanol–water partition coefficient (Wildman–Crippen LogP) is 3.16. The number of methoxy groups -OCH3 is 1. The van der Waals surface area contributed by atoms with Gasteiger partial charge in [0.05, 0.1) is 24.6 Å². The highest BCUT2D eigenvalue weighted by Crippen LogP contribution is 2.45. The van der Waals surface area contributed by atoms with Crippen LogP contribution in [0.3, 0.4) is 0 Å². The maximum absolute atomic E-state index is 11.7. The van der Waals surface area contributed by atoms with Crippen LogP contribution in [0.15, 0.2) is 48.8 Å². The van der Waals surface area contributed by atoms with Crippen molar-refractivity contribution in [1.29, 1.82) is 0 Å². The van der Waals surface area contributed by atoms with Crippen LogP contribution < -0.4 is 16.0 Å². The summed E-state index contributed by atoms with van der Waals surface area (Å²) in [5.41, 5.74) is 8.82. The molecule has 2 aromatic heterocycles. The number of anilines is 4. The number of ether oxygens (including phenoxy) is 1. The molecule has 27 heavy (non-hydrogen) atoms. The number of rotatable bonds is 3. The van der Waals surface area contributed by atoms with E-state index in [0.29, 0.717) is 22.9 Å². The topological polar surface area (TPSA) is 106 Å². The fourth-order valence-corrected chi connectivity index (χ4v) is 3.13. The third-order valence-electron chi connectivity index (χ3n) is 4.25. The quantitative estimate of drug-likeness (QED) is 0.525. The first kappa shape index (κ1) is 17.0. The van der Waals surface area contributed by atoms with Gasteiger partial charge >= 0.3 is 5.97 Å². The van der Waals surface area contributed by atoms with Crippen LogP contribution in [0.4, 0.5) is 23.0 Å². The van der Waals surface area contributed by atoms with Crippen molar-refractivity contribution in [2.45, 2.75) is 6.17 Å². The van der Waals surface area contributed by atoms with Gasteiger partial charge in [0.1, 0.15) is 12.0 Å². The van der Waals surface area contributed by atoms with Crippen LogP contribution >= 0.6 is 11.6 Å². The zero-order valence-corrected chi connectivity index (χ0v) is 15.0. The summed E-state index contributed by atoms with van der Waals surface area (Å²) in [7, 11) is 1.34. The lowest BCUT2D eigenvalue weighted by molar-refractivity contribution is 0.0601. The van der Waals surface area contributed by atoms with Crippen molar-refractivity contribution in [2.75, 3.05) is 23.1 Å². The second-order valence-electron chi connectivity index (χ2n) is 5.81. The molecule has 3 aromatic rings. The van der Waals surface area contributed by atoms with Crippen molar-refractivity contribution in [2.24, 2.45) is 0 Å². The number of hydrogen-bond donors (Lipinski definition) is 2. The number of pyridine rings is 1. The second-order valence-corrected chi connectivity index (χ2v) is 6.15. The number of aromatic nitrogens is 3. The van der Waals surface area contributed by atoms with Gasteiger partial charge in [0, 0.05) is 17.4 Å². The van der Waals surface area contributed by atoms with Crippen molar-refractivity contribution in [3.05, 3.63) is 65.2 Å². The van der Waals surface area contributed by atoms with Gasteiger partial charge in [-0.1, -0.05) is 0 Å². The molecule has 3 heterocycles. The third kappa shape index (κ3) is 3.00. The molecule has 4 rings (SSSR count). The van der Waals surface area contributed by atoms with Gasteiger partial charge in [0.25, 0.3) is 0 Å². The molecule has 1 aromatic carbocycles. The molecule has 1 aliphatic heterocycles. The molecule has 0 spiro atoms. The van der Waals surface area contributed by atoms with Crippen molar-refractivity contribution in [1.82, 2.24) is 15.0 Å². The molecule has 0 amide bonds. The Morgan fingerprint density at radius 2 is 2.04 bits per heavy atom. The minimum absolute atomic E-state index is 0.131. The Hall–Kier alpha value is -3.39. The van der Waals surface area contributed by atoms with Crippen LogP contribution in [0.1, 0.15) is 22.1 Å². The minimum atomic E-state index is -0.403. The maximum Gasteiger partial charge on any atom is 0.337 e. The van der Waals surface area contributed by atoms with Crippen molar-refractivity contribution in [3.63, 3.8) is 0 Å². The Bertz CT molecular complexity index is 1010. The van der Waals surface area contributed by atoms with E-state index in [1.165, 1.54) is 7.11 Å². The average Bonchev–Trinajstić information content (AvgIpc) is 3.06. The molecule has 0 fully saturated rings. The van der Waals surface area contributed by atoms with E-state index in [4.69, 9.17) is 22.1 Å². The molecule has 0 bridgehead atoms. The van der Waals surface area contributed by atoms with Gasteiger partial charge in [-0.2, -0.15) is 4.98 Å². The monoisotopic (exact) mass is 382 g/mol. The largest absolute Gasteiger partial charge is 0.465 e. The molecular formula is C18H15ClN6O2. The zero-order valence-electron chi connectivity index (χ0n) is 14.3.